The molecular formula is C19H24ClNO2. The molecule has 0 saturated heterocycles. The molecule has 0 aromatic heterocycles. The Balaban J connectivity index is 2.09. The molecule has 0 amide bonds. The van der Waals surface area contributed by atoms with E-state index in [0.29, 0.717) is 24.3 Å². The van der Waals surface area contributed by atoms with Gasteiger partial charge in [-0.05, 0) is 30.7 Å². The fourth-order valence-electron chi connectivity index (χ4n) is 2.14. The molecule has 0 heterocycles. The lowest BCUT2D eigenvalue weighted by molar-refractivity contribution is 0.269. The van der Waals surface area contributed by atoms with Crippen molar-refractivity contribution in [2.45, 2.75) is 40.0 Å². The first-order chi connectivity index (χ1) is 11.1. The van der Waals surface area contributed by atoms with Gasteiger partial charge in [0.05, 0.1) is 6.61 Å². The number of ether oxygens (including phenoxy) is 2. The van der Waals surface area contributed by atoms with Crippen LogP contribution in [0.1, 0.15) is 31.9 Å². The van der Waals surface area contributed by atoms with Crippen molar-refractivity contribution in [1.82, 2.24) is 5.32 Å². The van der Waals surface area contributed by atoms with Gasteiger partial charge in [0, 0.05) is 23.2 Å². The van der Waals surface area contributed by atoms with Crippen LogP contribution in [-0.4, -0.2) is 12.6 Å². The lowest BCUT2D eigenvalue weighted by Gasteiger charge is -2.15. The third kappa shape index (κ3) is 5.45. The van der Waals surface area contributed by atoms with Gasteiger partial charge in [-0.15, -0.1) is 0 Å². The first-order valence-electron chi connectivity index (χ1n) is 7.95. The Morgan fingerprint density at radius 1 is 1.04 bits per heavy atom. The van der Waals surface area contributed by atoms with Crippen molar-refractivity contribution < 1.29 is 9.47 Å². The van der Waals surface area contributed by atoms with Gasteiger partial charge >= 0.3 is 0 Å². The van der Waals surface area contributed by atoms with Crippen molar-refractivity contribution in [3.63, 3.8) is 0 Å². The summed E-state index contributed by atoms with van der Waals surface area (Å²) in [5.41, 5.74) is 2.13. The quantitative estimate of drug-likeness (QED) is 0.751. The maximum Gasteiger partial charge on any atom is 0.161 e. The fraction of sp³-hybridized carbons (Fsp3) is 0.368. The number of benzene rings is 2. The molecule has 1 N–H and O–H groups in total. The molecule has 0 spiro atoms. The highest BCUT2D eigenvalue weighted by atomic mass is 35.5. The summed E-state index contributed by atoms with van der Waals surface area (Å²) >= 11 is 6.17. The van der Waals surface area contributed by atoms with Crippen molar-refractivity contribution in [2.24, 2.45) is 0 Å². The molecular weight excluding hydrogens is 310 g/mol. The Labute approximate surface area is 143 Å². The Morgan fingerprint density at radius 3 is 2.52 bits per heavy atom. The molecule has 0 fully saturated rings. The van der Waals surface area contributed by atoms with Crippen molar-refractivity contribution in [3.8, 4) is 11.5 Å². The Morgan fingerprint density at radius 2 is 1.83 bits per heavy atom. The highest BCUT2D eigenvalue weighted by molar-refractivity contribution is 6.31. The van der Waals surface area contributed by atoms with Gasteiger partial charge in [0.2, 0.25) is 0 Å². The van der Waals surface area contributed by atoms with Crippen molar-refractivity contribution in [2.75, 3.05) is 6.61 Å². The van der Waals surface area contributed by atoms with Crippen LogP contribution in [0.25, 0.3) is 0 Å². The van der Waals surface area contributed by atoms with Crippen LogP contribution >= 0.6 is 11.6 Å². The van der Waals surface area contributed by atoms with E-state index in [1.54, 1.807) is 0 Å². The number of rotatable bonds is 8. The molecule has 0 atom stereocenters. The topological polar surface area (TPSA) is 30.5 Å². The predicted molar refractivity (Wildman–Crippen MR) is 95.4 cm³/mol. The van der Waals surface area contributed by atoms with Crippen LogP contribution in [0.15, 0.2) is 42.5 Å². The van der Waals surface area contributed by atoms with Gasteiger partial charge in [-0.1, -0.05) is 49.7 Å². The average molecular weight is 334 g/mol. The minimum atomic E-state index is 0.420. The predicted octanol–water partition coefficient (Wildman–Crippen LogP) is 4.82. The Hall–Kier alpha value is -1.71. The molecule has 23 heavy (non-hydrogen) atoms. The SMILES string of the molecule is CCOc1cc(CNC(C)C)ccc1OCc1ccccc1Cl. The maximum absolute atomic E-state index is 6.17. The van der Waals surface area contributed by atoms with Crippen LogP contribution in [0.5, 0.6) is 11.5 Å². The number of halogens is 1. The fourth-order valence-corrected chi connectivity index (χ4v) is 2.33. The number of hydrogen-bond donors (Lipinski definition) is 1. The molecule has 3 nitrogen and oxygen atoms in total. The van der Waals surface area contributed by atoms with E-state index in [9.17, 15) is 0 Å². The van der Waals surface area contributed by atoms with Crippen LogP contribution < -0.4 is 14.8 Å². The van der Waals surface area contributed by atoms with Gasteiger partial charge in [0.15, 0.2) is 11.5 Å². The van der Waals surface area contributed by atoms with E-state index < -0.39 is 0 Å². The molecule has 2 aromatic carbocycles. The third-order valence-corrected chi connectivity index (χ3v) is 3.73. The molecule has 0 unspecified atom stereocenters. The summed E-state index contributed by atoms with van der Waals surface area (Å²) in [5, 5.41) is 4.11. The van der Waals surface area contributed by atoms with E-state index in [0.717, 1.165) is 23.6 Å². The van der Waals surface area contributed by atoms with Gasteiger partial charge in [-0.3, -0.25) is 0 Å². The Kier molecular flexibility index (Phi) is 6.75. The molecule has 2 rings (SSSR count). The van der Waals surface area contributed by atoms with Crippen LogP contribution in [0.2, 0.25) is 5.02 Å². The number of nitrogens with one attached hydrogen (secondary N) is 1. The van der Waals surface area contributed by atoms with Gasteiger partial charge in [-0.2, -0.15) is 0 Å². The molecule has 0 aliphatic rings. The highest BCUT2D eigenvalue weighted by Gasteiger charge is 2.08. The molecule has 124 valence electrons. The third-order valence-electron chi connectivity index (χ3n) is 3.36. The maximum atomic E-state index is 6.17. The monoisotopic (exact) mass is 333 g/mol. The minimum Gasteiger partial charge on any atom is -0.490 e. The summed E-state index contributed by atoms with van der Waals surface area (Å²) in [7, 11) is 0. The number of hydrogen-bond acceptors (Lipinski definition) is 3. The van der Waals surface area contributed by atoms with E-state index in [1.165, 1.54) is 5.56 Å². The molecule has 0 aliphatic heterocycles. The highest BCUT2D eigenvalue weighted by Crippen LogP contribution is 2.30. The summed E-state index contributed by atoms with van der Waals surface area (Å²) in [6, 6.07) is 14.2. The van der Waals surface area contributed by atoms with E-state index >= 15 is 0 Å². The van der Waals surface area contributed by atoms with Crippen molar-refractivity contribution in [3.05, 3.63) is 58.6 Å². The lowest BCUT2D eigenvalue weighted by atomic mass is 10.2. The van der Waals surface area contributed by atoms with Crippen LogP contribution in [0.4, 0.5) is 0 Å². The summed E-state index contributed by atoms with van der Waals surface area (Å²) in [5.74, 6) is 1.50. The molecule has 0 aliphatic carbocycles. The van der Waals surface area contributed by atoms with Gasteiger partial charge in [0.1, 0.15) is 6.61 Å². The molecule has 2 aromatic rings. The summed E-state index contributed by atoms with van der Waals surface area (Å²) in [6.45, 7) is 8.06. The summed E-state index contributed by atoms with van der Waals surface area (Å²) in [4.78, 5) is 0. The lowest BCUT2D eigenvalue weighted by Crippen LogP contribution is -2.21. The smallest absolute Gasteiger partial charge is 0.161 e. The van der Waals surface area contributed by atoms with Gasteiger partial charge in [-0.25, -0.2) is 0 Å². The second-order valence-corrected chi connectivity index (χ2v) is 6.04. The second kappa shape index (κ2) is 8.80. The standard InChI is InChI=1S/C19H24ClNO2/c1-4-22-19-11-15(12-21-14(2)3)9-10-18(19)23-13-16-7-5-6-8-17(16)20/h5-11,14,21H,4,12-13H2,1-3H3. The minimum absolute atomic E-state index is 0.420. The molecule has 0 radical (unpaired) electrons. The largest absolute Gasteiger partial charge is 0.490 e. The van der Waals surface area contributed by atoms with Gasteiger partial charge < -0.3 is 14.8 Å². The van der Waals surface area contributed by atoms with Crippen molar-refractivity contribution in [1.29, 1.82) is 0 Å². The molecule has 0 bridgehead atoms. The second-order valence-electron chi connectivity index (χ2n) is 5.63. The van der Waals surface area contributed by atoms with E-state index in [1.807, 2.05) is 43.3 Å². The van der Waals surface area contributed by atoms with E-state index in [-0.39, 0.29) is 0 Å². The normalized spacial score (nSPS) is 10.8. The molecule has 4 heteroatoms. The van der Waals surface area contributed by atoms with Crippen molar-refractivity contribution >= 4 is 11.6 Å². The van der Waals surface area contributed by atoms with E-state index in [2.05, 4.69) is 25.2 Å². The zero-order valence-electron chi connectivity index (χ0n) is 13.9. The zero-order valence-corrected chi connectivity index (χ0v) is 14.7. The van der Waals surface area contributed by atoms with Crippen LogP contribution in [0.3, 0.4) is 0 Å². The van der Waals surface area contributed by atoms with Gasteiger partial charge in [0.25, 0.3) is 0 Å². The first kappa shape index (κ1) is 17.6. The zero-order chi connectivity index (χ0) is 16.7. The summed E-state index contributed by atoms with van der Waals surface area (Å²) < 4.78 is 11.6. The van der Waals surface area contributed by atoms with Crippen LogP contribution in [-0.2, 0) is 13.2 Å². The molecule has 0 saturated carbocycles. The van der Waals surface area contributed by atoms with Crippen LogP contribution in [0, 0.1) is 0 Å². The van der Waals surface area contributed by atoms with E-state index in [4.69, 9.17) is 21.1 Å². The first-order valence-corrected chi connectivity index (χ1v) is 8.33. The Bertz CT molecular complexity index is 629. The summed E-state index contributed by atoms with van der Waals surface area (Å²) in [6.07, 6.45) is 0. The average Bonchev–Trinajstić information content (AvgIpc) is 2.53.